The van der Waals surface area contributed by atoms with Gasteiger partial charge in [0, 0.05) is 25.6 Å². The van der Waals surface area contributed by atoms with E-state index in [1.807, 2.05) is 30.3 Å². The Morgan fingerprint density at radius 2 is 2.06 bits per heavy atom. The summed E-state index contributed by atoms with van der Waals surface area (Å²) in [4.78, 5) is 38.3. The van der Waals surface area contributed by atoms with E-state index in [4.69, 9.17) is 21.4 Å². The van der Waals surface area contributed by atoms with Crippen molar-refractivity contribution in [1.29, 1.82) is 0 Å². The minimum absolute atomic E-state index is 0.0750. The molecular weight excluding hydrogens is 418 g/mol. The summed E-state index contributed by atoms with van der Waals surface area (Å²) in [7, 11) is 0. The molecule has 0 saturated carbocycles. The van der Waals surface area contributed by atoms with Crippen LogP contribution >= 0.6 is 12.2 Å². The first-order chi connectivity index (χ1) is 15.0. The van der Waals surface area contributed by atoms with Crippen LogP contribution in [0.5, 0.6) is 0 Å². The van der Waals surface area contributed by atoms with Crippen LogP contribution in [0.25, 0.3) is 6.08 Å². The molecule has 2 N–H and O–H groups in total. The number of rotatable bonds is 7. The molecule has 8 nitrogen and oxygen atoms in total. The van der Waals surface area contributed by atoms with Crippen LogP contribution in [0.4, 0.5) is 0 Å². The topological polar surface area (TPSA) is 101 Å². The maximum atomic E-state index is 12.3. The molecule has 2 aromatic rings. The van der Waals surface area contributed by atoms with E-state index >= 15 is 0 Å². The summed E-state index contributed by atoms with van der Waals surface area (Å²) < 4.78 is 10.4. The maximum absolute atomic E-state index is 12.3. The predicted octanol–water partition coefficient (Wildman–Crippen LogP) is 1.67. The van der Waals surface area contributed by atoms with Crippen LogP contribution in [0.2, 0.25) is 0 Å². The van der Waals surface area contributed by atoms with Gasteiger partial charge in [-0.1, -0.05) is 30.3 Å². The minimum atomic E-state index is -0.847. The molecule has 1 aromatic heterocycles. The summed E-state index contributed by atoms with van der Waals surface area (Å²) in [5.74, 6) is -0.782. The maximum Gasteiger partial charge on any atom is 0.308 e. The number of benzene rings is 1. The molecule has 1 saturated heterocycles. The Labute approximate surface area is 185 Å². The highest BCUT2D eigenvalue weighted by atomic mass is 32.1. The van der Waals surface area contributed by atoms with Crippen molar-refractivity contribution in [3.8, 4) is 0 Å². The number of carbonyl (C=O) groups excluding carboxylic acids is 3. The molecule has 2 amide bonds. The first-order valence-corrected chi connectivity index (χ1v) is 10.2. The second-order valence-electron chi connectivity index (χ2n) is 6.80. The van der Waals surface area contributed by atoms with Crippen molar-refractivity contribution in [2.45, 2.75) is 18.9 Å². The summed E-state index contributed by atoms with van der Waals surface area (Å²) in [5.41, 5.74) is 1.05. The van der Waals surface area contributed by atoms with Crippen LogP contribution in [0.15, 0.2) is 59.2 Å². The molecule has 1 atom stereocenters. The number of esters is 1. The number of hydrogen-bond donors (Lipinski definition) is 2. The number of nitrogens with zero attached hydrogens (tertiary/aromatic N) is 1. The van der Waals surface area contributed by atoms with Gasteiger partial charge in [-0.25, -0.2) is 0 Å². The molecule has 2 heterocycles. The third-order valence-corrected chi connectivity index (χ3v) is 4.96. The fraction of sp³-hybridized carbons (Fsp3) is 0.273. The van der Waals surface area contributed by atoms with Crippen molar-refractivity contribution in [2.75, 3.05) is 19.7 Å². The van der Waals surface area contributed by atoms with Crippen LogP contribution in [0.1, 0.15) is 17.7 Å². The lowest BCUT2D eigenvalue weighted by atomic mass is 10.1. The Balaban J connectivity index is 1.52. The van der Waals surface area contributed by atoms with Crippen LogP contribution in [0.3, 0.4) is 0 Å². The van der Waals surface area contributed by atoms with E-state index in [1.54, 1.807) is 12.1 Å². The molecule has 0 radical (unpaired) electrons. The molecular formula is C22H23N3O5S. The standard InChI is InChI=1S/C22H23N3O5S/c26-19(9-8-17-7-4-13-29-17)24-22(31)25-12-11-23-21(28)18(25)15-20(27)30-14-10-16-5-2-1-3-6-16/h1-9,13,18H,10-12,14-15H2,(H,23,28)(H,24,26,31)/b9-8+. The lowest BCUT2D eigenvalue weighted by molar-refractivity contribution is -0.147. The fourth-order valence-corrected chi connectivity index (χ4v) is 3.39. The van der Waals surface area contributed by atoms with Gasteiger partial charge >= 0.3 is 5.97 Å². The summed E-state index contributed by atoms with van der Waals surface area (Å²) in [6.45, 7) is 0.946. The molecule has 3 rings (SSSR count). The third kappa shape index (κ3) is 6.78. The zero-order valence-electron chi connectivity index (χ0n) is 16.8. The molecule has 1 aromatic carbocycles. The van der Waals surface area contributed by atoms with E-state index in [0.29, 0.717) is 25.3 Å². The minimum Gasteiger partial charge on any atom is -0.465 e. The van der Waals surface area contributed by atoms with E-state index in [0.717, 1.165) is 5.56 Å². The lowest BCUT2D eigenvalue weighted by Crippen LogP contribution is -2.60. The number of piperazine rings is 1. The Morgan fingerprint density at radius 3 is 2.81 bits per heavy atom. The molecule has 1 unspecified atom stereocenters. The van der Waals surface area contributed by atoms with Gasteiger partial charge in [-0.2, -0.15) is 0 Å². The van der Waals surface area contributed by atoms with Crippen LogP contribution in [-0.4, -0.2) is 53.5 Å². The van der Waals surface area contributed by atoms with Gasteiger partial charge in [0.05, 0.1) is 19.3 Å². The highest BCUT2D eigenvalue weighted by molar-refractivity contribution is 7.80. The number of ether oxygens (including phenoxy) is 1. The number of furan rings is 1. The fourth-order valence-electron chi connectivity index (χ4n) is 3.07. The SMILES string of the molecule is O=C(/C=C/c1ccco1)NC(=S)N1CCNC(=O)C1CC(=O)OCCc1ccccc1. The smallest absolute Gasteiger partial charge is 0.308 e. The quantitative estimate of drug-likeness (QED) is 0.383. The Hall–Kier alpha value is -3.46. The normalized spacial score (nSPS) is 16.1. The van der Waals surface area contributed by atoms with Crippen LogP contribution < -0.4 is 10.6 Å². The Kier molecular flexibility index (Phi) is 7.94. The molecule has 1 fully saturated rings. The van der Waals surface area contributed by atoms with Gasteiger partial charge in [-0.3, -0.25) is 19.7 Å². The molecule has 1 aliphatic rings. The Bertz CT molecular complexity index is 943. The number of nitrogens with one attached hydrogen (secondary N) is 2. The highest BCUT2D eigenvalue weighted by Crippen LogP contribution is 2.11. The van der Waals surface area contributed by atoms with E-state index in [1.165, 1.54) is 23.3 Å². The molecule has 0 spiro atoms. The summed E-state index contributed by atoms with van der Waals surface area (Å²) in [5, 5.41) is 5.35. The zero-order chi connectivity index (χ0) is 22.1. The van der Waals surface area contributed by atoms with Crippen LogP contribution in [-0.2, 0) is 25.5 Å². The highest BCUT2D eigenvalue weighted by Gasteiger charge is 2.34. The summed E-state index contributed by atoms with van der Waals surface area (Å²) >= 11 is 5.30. The molecule has 1 aliphatic heterocycles. The zero-order valence-corrected chi connectivity index (χ0v) is 17.6. The van der Waals surface area contributed by atoms with E-state index in [9.17, 15) is 14.4 Å². The van der Waals surface area contributed by atoms with Crippen molar-refractivity contribution in [2.24, 2.45) is 0 Å². The van der Waals surface area contributed by atoms with Crippen molar-refractivity contribution in [3.05, 3.63) is 66.1 Å². The van der Waals surface area contributed by atoms with E-state index in [2.05, 4.69) is 10.6 Å². The first kappa shape index (κ1) is 22.2. The molecule has 0 aliphatic carbocycles. The molecule has 162 valence electrons. The Morgan fingerprint density at radius 1 is 1.26 bits per heavy atom. The van der Waals surface area contributed by atoms with Crippen LogP contribution in [0, 0.1) is 0 Å². The first-order valence-electron chi connectivity index (χ1n) is 9.83. The second kappa shape index (κ2) is 11.1. The summed E-state index contributed by atoms with van der Waals surface area (Å²) in [6.07, 6.45) is 4.70. The van der Waals surface area contributed by atoms with Gasteiger partial charge in [0.1, 0.15) is 11.8 Å². The number of amides is 2. The monoisotopic (exact) mass is 441 g/mol. The van der Waals surface area contributed by atoms with Gasteiger partial charge in [-0.05, 0) is 36.0 Å². The largest absolute Gasteiger partial charge is 0.465 e. The van der Waals surface area contributed by atoms with Gasteiger partial charge in [0.15, 0.2) is 5.11 Å². The van der Waals surface area contributed by atoms with Crippen molar-refractivity contribution in [3.63, 3.8) is 0 Å². The molecule has 9 heteroatoms. The van der Waals surface area contributed by atoms with Crippen molar-refractivity contribution < 1.29 is 23.5 Å². The van der Waals surface area contributed by atoms with Crippen molar-refractivity contribution in [1.82, 2.24) is 15.5 Å². The average molecular weight is 442 g/mol. The predicted molar refractivity (Wildman–Crippen MR) is 118 cm³/mol. The molecule has 0 bridgehead atoms. The van der Waals surface area contributed by atoms with Crippen molar-refractivity contribution >= 4 is 41.2 Å². The number of hydrogen-bond acceptors (Lipinski definition) is 6. The summed E-state index contributed by atoms with van der Waals surface area (Å²) in [6, 6.07) is 12.2. The number of thiocarbonyl (C=S) groups is 1. The van der Waals surface area contributed by atoms with Gasteiger partial charge < -0.3 is 19.4 Å². The van der Waals surface area contributed by atoms with E-state index < -0.39 is 17.9 Å². The number of carbonyl (C=O) groups is 3. The second-order valence-corrected chi connectivity index (χ2v) is 7.19. The van der Waals surface area contributed by atoms with E-state index in [-0.39, 0.29) is 24.0 Å². The van der Waals surface area contributed by atoms with Gasteiger partial charge in [-0.15, -0.1) is 0 Å². The van der Waals surface area contributed by atoms with Gasteiger partial charge in [0.25, 0.3) is 0 Å². The van der Waals surface area contributed by atoms with Gasteiger partial charge in [0.2, 0.25) is 11.8 Å². The lowest BCUT2D eigenvalue weighted by Gasteiger charge is -2.36. The average Bonchev–Trinajstić information content (AvgIpc) is 3.28. The molecule has 31 heavy (non-hydrogen) atoms. The third-order valence-electron chi connectivity index (χ3n) is 4.62.